The van der Waals surface area contributed by atoms with Crippen LogP contribution in [0.25, 0.3) is 0 Å². The Morgan fingerprint density at radius 1 is 0.339 bits per heavy atom. The van der Waals surface area contributed by atoms with Gasteiger partial charge in [-0.05, 0) is 168 Å². The van der Waals surface area contributed by atoms with Crippen LogP contribution in [0.4, 0.5) is 0 Å². The Morgan fingerprint density at radius 2 is 0.629 bits per heavy atom. The van der Waals surface area contributed by atoms with E-state index in [1.54, 1.807) is 0 Å². The third-order valence-electron chi connectivity index (χ3n) is 10.7. The van der Waals surface area contributed by atoms with E-state index in [0.29, 0.717) is 39.6 Å². The molecule has 1 rings (SSSR count). The summed E-state index contributed by atoms with van der Waals surface area (Å²) in [5.74, 6) is 0. The minimum Gasteiger partial charge on any atom is -0.375 e. The van der Waals surface area contributed by atoms with Crippen molar-refractivity contribution in [3.63, 3.8) is 0 Å². The van der Waals surface area contributed by atoms with Gasteiger partial charge in [-0.25, -0.2) is 0 Å². The summed E-state index contributed by atoms with van der Waals surface area (Å²) in [6, 6.07) is 0. The fraction of sp³-hybridized carbons (Fsp3) is 0.643. The highest BCUT2D eigenvalue weighted by Crippen LogP contribution is 2.30. The first-order chi connectivity index (χ1) is 29.5. The van der Waals surface area contributed by atoms with Crippen LogP contribution in [-0.4, -0.2) is 70.3 Å². The van der Waals surface area contributed by atoms with Crippen LogP contribution in [0, 0.1) is 0 Å². The molecule has 0 N–H and O–H groups in total. The highest BCUT2D eigenvalue weighted by atomic mass is 16.7. The van der Waals surface area contributed by atoms with Gasteiger partial charge in [0.2, 0.25) is 0 Å². The molecule has 0 radical (unpaired) electrons. The molecule has 62 heavy (non-hydrogen) atoms. The minimum absolute atomic E-state index is 0.330. The lowest BCUT2D eigenvalue weighted by atomic mass is 9.98. The maximum Gasteiger partial charge on any atom is 0.187 e. The van der Waals surface area contributed by atoms with E-state index < -0.39 is 30.7 Å². The molecule has 1 heterocycles. The van der Waals surface area contributed by atoms with Crippen molar-refractivity contribution in [1.82, 2.24) is 0 Å². The quantitative estimate of drug-likeness (QED) is 0.0511. The fourth-order valence-electron chi connectivity index (χ4n) is 6.74. The molecule has 0 spiro atoms. The monoisotopic (exact) mass is 861 g/mol. The Balaban J connectivity index is 3.65. The lowest BCUT2D eigenvalue weighted by Gasteiger charge is -2.45. The van der Waals surface area contributed by atoms with E-state index in [1.165, 1.54) is 55.7 Å². The molecule has 6 heteroatoms. The molecule has 6 nitrogen and oxygen atoms in total. The van der Waals surface area contributed by atoms with Gasteiger partial charge < -0.3 is 28.4 Å². The Bertz CT molecular complexity index is 1560. The van der Waals surface area contributed by atoms with E-state index in [4.69, 9.17) is 28.4 Å². The standard InChI is InChI=1S/C56H92O6/c1-42(2)21-16-26-47(11)31-36-57-41-52-53(58-37-32-48(12)27-17-22-43(3)4)54(59-38-33-49(13)28-18-23-44(5)6)55(60-39-34-50(14)29-19-24-45(7)8)56(62-52)61-40-35-51(15)30-20-25-46(9)10/h21-25,31-35,52-56H,16-20,26-30,36-41H2,1-15H3/b47-31+,48-32+,49-33+,50-34+,51-35+/t52-,53+,54+,55-,56?/m1/s1. The van der Waals surface area contributed by atoms with Crippen LogP contribution in [0.3, 0.4) is 0 Å². The van der Waals surface area contributed by atoms with Crippen LogP contribution in [0.1, 0.15) is 168 Å². The molecule has 1 aliphatic heterocycles. The van der Waals surface area contributed by atoms with Crippen molar-refractivity contribution in [1.29, 1.82) is 0 Å². The SMILES string of the molecule is CC(C)=CCC/C(C)=C/COC[C@H]1OC(OC/C=C(\C)CCC=C(C)C)[C@H](OC/C=C(\C)CCC=C(C)C)[C@@H](OC/C=C(\C)CCC=C(C)C)[C@H]1OC/C=C(\C)CCC=C(C)C. The van der Waals surface area contributed by atoms with Gasteiger partial charge in [0.15, 0.2) is 6.29 Å². The molecule has 5 atom stereocenters. The Labute approximate surface area is 382 Å². The molecule has 0 saturated carbocycles. The number of rotatable bonds is 31. The van der Waals surface area contributed by atoms with Crippen molar-refractivity contribution in [2.24, 2.45) is 0 Å². The van der Waals surface area contributed by atoms with E-state index in [0.717, 1.165) is 64.2 Å². The first-order valence-corrected chi connectivity index (χ1v) is 23.6. The van der Waals surface area contributed by atoms with Crippen molar-refractivity contribution < 1.29 is 28.4 Å². The zero-order valence-electron chi connectivity index (χ0n) is 42.4. The molecule has 1 aliphatic rings. The van der Waals surface area contributed by atoms with E-state index >= 15 is 0 Å². The maximum atomic E-state index is 6.92. The average Bonchev–Trinajstić information content (AvgIpc) is 3.17. The van der Waals surface area contributed by atoms with Gasteiger partial charge in [0.05, 0.1) is 39.6 Å². The van der Waals surface area contributed by atoms with Gasteiger partial charge >= 0.3 is 0 Å². The Kier molecular flexibility index (Phi) is 31.9. The largest absolute Gasteiger partial charge is 0.375 e. The summed E-state index contributed by atoms with van der Waals surface area (Å²) < 4.78 is 40.5. The van der Waals surface area contributed by atoms with Crippen molar-refractivity contribution >= 4 is 0 Å². The van der Waals surface area contributed by atoms with Crippen molar-refractivity contribution in [3.05, 3.63) is 116 Å². The summed E-state index contributed by atoms with van der Waals surface area (Å²) in [7, 11) is 0. The topological polar surface area (TPSA) is 55.4 Å². The van der Waals surface area contributed by atoms with Gasteiger partial charge in [-0.3, -0.25) is 0 Å². The van der Waals surface area contributed by atoms with Gasteiger partial charge in [0.1, 0.15) is 24.4 Å². The van der Waals surface area contributed by atoms with Crippen LogP contribution in [-0.2, 0) is 28.4 Å². The molecule has 0 aromatic rings. The maximum absolute atomic E-state index is 6.92. The third-order valence-corrected chi connectivity index (χ3v) is 10.7. The van der Waals surface area contributed by atoms with Crippen LogP contribution in [0.5, 0.6) is 0 Å². The summed E-state index contributed by atoms with van der Waals surface area (Å²) in [5, 5.41) is 0. The average molecular weight is 861 g/mol. The molecule has 0 amide bonds. The van der Waals surface area contributed by atoms with Crippen molar-refractivity contribution in [2.75, 3.05) is 39.6 Å². The highest BCUT2D eigenvalue weighted by molar-refractivity contribution is 5.07. The summed E-state index contributed by atoms with van der Waals surface area (Å²) in [6.45, 7) is 34.9. The Morgan fingerprint density at radius 3 is 0.968 bits per heavy atom. The number of ether oxygens (including phenoxy) is 6. The molecule has 1 unspecified atom stereocenters. The van der Waals surface area contributed by atoms with Crippen LogP contribution < -0.4 is 0 Å². The smallest absolute Gasteiger partial charge is 0.187 e. The molecule has 1 saturated heterocycles. The number of hydrogen-bond donors (Lipinski definition) is 0. The molecule has 0 aliphatic carbocycles. The third kappa shape index (κ3) is 29.5. The predicted octanol–water partition coefficient (Wildman–Crippen LogP) is 15.4. The number of hydrogen-bond acceptors (Lipinski definition) is 6. The van der Waals surface area contributed by atoms with Gasteiger partial charge in [-0.2, -0.15) is 0 Å². The Hall–Kier alpha value is -2.84. The first kappa shape index (κ1) is 57.2. The second-order valence-corrected chi connectivity index (χ2v) is 18.7. The molecular weight excluding hydrogens is 769 g/mol. The van der Waals surface area contributed by atoms with Crippen LogP contribution >= 0.6 is 0 Å². The summed E-state index contributed by atoms with van der Waals surface area (Å²) in [4.78, 5) is 0. The first-order valence-electron chi connectivity index (χ1n) is 23.6. The molecule has 1 fully saturated rings. The molecule has 0 aromatic carbocycles. The zero-order chi connectivity index (χ0) is 46.3. The summed E-state index contributed by atoms with van der Waals surface area (Å²) in [6.07, 6.45) is 29.8. The molecule has 0 aromatic heterocycles. The second kappa shape index (κ2) is 34.6. The summed E-state index contributed by atoms with van der Waals surface area (Å²) >= 11 is 0. The second-order valence-electron chi connectivity index (χ2n) is 18.7. The van der Waals surface area contributed by atoms with Gasteiger partial charge in [0.25, 0.3) is 0 Å². The normalized spacial score (nSPS) is 20.2. The molecule has 0 bridgehead atoms. The minimum atomic E-state index is -0.694. The fourth-order valence-corrected chi connectivity index (χ4v) is 6.74. The van der Waals surface area contributed by atoms with E-state index in [2.05, 4.69) is 165 Å². The van der Waals surface area contributed by atoms with Gasteiger partial charge in [0, 0.05) is 0 Å². The van der Waals surface area contributed by atoms with Gasteiger partial charge in [-0.15, -0.1) is 0 Å². The molecule has 352 valence electrons. The van der Waals surface area contributed by atoms with Gasteiger partial charge in [-0.1, -0.05) is 116 Å². The summed E-state index contributed by atoms with van der Waals surface area (Å²) in [5.41, 5.74) is 13.2. The number of allylic oxidation sites excluding steroid dienone is 15. The lowest BCUT2D eigenvalue weighted by Crippen LogP contribution is -2.62. The van der Waals surface area contributed by atoms with E-state index in [-0.39, 0.29) is 0 Å². The lowest BCUT2D eigenvalue weighted by molar-refractivity contribution is -0.317. The predicted molar refractivity (Wildman–Crippen MR) is 267 cm³/mol. The van der Waals surface area contributed by atoms with Crippen molar-refractivity contribution in [2.45, 2.75) is 199 Å². The van der Waals surface area contributed by atoms with Crippen molar-refractivity contribution in [3.8, 4) is 0 Å². The molecular formula is C56H92O6. The van der Waals surface area contributed by atoms with Crippen LogP contribution in [0.15, 0.2) is 116 Å². The van der Waals surface area contributed by atoms with Crippen LogP contribution in [0.2, 0.25) is 0 Å². The highest BCUT2D eigenvalue weighted by Gasteiger charge is 2.48. The zero-order valence-corrected chi connectivity index (χ0v) is 42.4. The van der Waals surface area contributed by atoms with E-state index in [1.807, 2.05) is 0 Å². The van der Waals surface area contributed by atoms with E-state index in [9.17, 15) is 0 Å².